The van der Waals surface area contributed by atoms with Crippen LogP contribution in [-0.4, -0.2) is 42.6 Å². The minimum atomic E-state index is -1.42. The van der Waals surface area contributed by atoms with Crippen LogP contribution in [0.15, 0.2) is 18.2 Å². The lowest BCUT2D eigenvalue weighted by Crippen LogP contribution is -2.42. The molecule has 0 bridgehead atoms. The van der Waals surface area contributed by atoms with Gasteiger partial charge in [-0.2, -0.15) is 0 Å². The zero-order valence-electron chi connectivity index (χ0n) is 11.2. The normalized spacial score (nSPS) is 14.3. The maximum absolute atomic E-state index is 13.4. The van der Waals surface area contributed by atoms with Crippen molar-refractivity contribution in [3.8, 4) is 0 Å². The third-order valence-electron chi connectivity index (χ3n) is 2.96. The second kappa shape index (κ2) is 6.58. The molecular weight excluding hydrogens is 254 g/mol. The van der Waals surface area contributed by atoms with Gasteiger partial charge >= 0.3 is 0 Å². The number of rotatable bonds is 5. The Balaban J connectivity index is 2.66. The first-order valence-electron chi connectivity index (χ1n) is 5.90. The van der Waals surface area contributed by atoms with Crippen LogP contribution < -0.4 is 5.32 Å². The molecule has 0 aliphatic rings. The molecule has 1 rings (SSSR count). The van der Waals surface area contributed by atoms with E-state index < -0.39 is 29.3 Å². The van der Waals surface area contributed by atoms with Crippen LogP contribution in [0, 0.1) is 11.6 Å². The molecule has 4 nitrogen and oxygen atoms in total. The number of hydrogen-bond acceptors (Lipinski definition) is 3. The van der Waals surface area contributed by atoms with Crippen LogP contribution in [0.1, 0.15) is 18.6 Å². The van der Waals surface area contributed by atoms with Crippen LogP contribution in [0.25, 0.3) is 0 Å². The van der Waals surface area contributed by atoms with Crippen molar-refractivity contribution in [2.75, 3.05) is 20.6 Å². The Morgan fingerprint density at radius 3 is 2.37 bits per heavy atom. The van der Waals surface area contributed by atoms with Crippen molar-refractivity contribution in [2.45, 2.75) is 19.1 Å². The fraction of sp³-hybridized carbons (Fsp3) is 0.462. The summed E-state index contributed by atoms with van der Waals surface area (Å²) in [4.78, 5) is 13.3. The van der Waals surface area contributed by atoms with E-state index in [1.54, 1.807) is 25.9 Å². The van der Waals surface area contributed by atoms with E-state index in [9.17, 15) is 18.7 Å². The largest absolute Gasteiger partial charge is 0.386 e. The van der Waals surface area contributed by atoms with Gasteiger partial charge in [-0.1, -0.05) is 6.07 Å². The van der Waals surface area contributed by atoms with E-state index in [4.69, 9.17) is 0 Å². The summed E-state index contributed by atoms with van der Waals surface area (Å²) in [6, 6.07) is 2.95. The maximum Gasteiger partial charge on any atom is 0.237 e. The molecule has 2 atom stereocenters. The van der Waals surface area contributed by atoms with Crippen LogP contribution in [0.3, 0.4) is 0 Å². The van der Waals surface area contributed by atoms with Crippen molar-refractivity contribution in [3.05, 3.63) is 35.4 Å². The molecule has 0 saturated heterocycles. The van der Waals surface area contributed by atoms with Gasteiger partial charge in [-0.25, -0.2) is 8.78 Å². The summed E-state index contributed by atoms with van der Waals surface area (Å²) in [6.45, 7) is 1.44. The van der Waals surface area contributed by atoms with E-state index >= 15 is 0 Å². The number of carbonyl (C=O) groups excluding carboxylic acids is 1. The van der Waals surface area contributed by atoms with Gasteiger partial charge in [0, 0.05) is 6.54 Å². The molecule has 1 aromatic carbocycles. The molecule has 0 fully saturated rings. The molecule has 0 aromatic heterocycles. The number of hydrogen-bond donors (Lipinski definition) is 2. The summed E-state index contributed by atoms with van der Waals surface area (Å²) in [6.07, 6.45) is -1.42. The lowest BCUT2D eigenvalue weighted by atomic mass is 10.1. The lowest BCUT2D eigenvalue weighted by molar-refractivity contribution is -0.125. The van der Waals surface area contributed by atoms with Gasteiger partial charge in [-0.15, -0.1) is 0 Å². The average Bonchev–Trinajstić information content (AvgIpc) is 2.34. The van der Waals surface area contributed by atoms with Gasteiger partial charge in [0.05, 0.1) is 11.6 Å². The zero-order chi connectivity index (χ0) is 14.6. The molecule has 0 aliphatic heterocycles. The summed E-state index contributed by atoms with van der Waals surface area (Å²) in [5.74, 6) is -1.98. The first kappa shape index (κ1) is 15.5. The smallest absolute Gasteiger partial charge is 0.237 e. The second-order valence-corrected chi connectivity index (χ2v) is 4.54. The predicted molar refractivity (Wildman–Crippen MR) is 67.5 cm³/mol. The molecule has 0 radical (unpaired) electrons. The maximum atomic E-state index is 13.4. The molecule has 0 heterocycles. The highest BCUT2D eigenvalue weighted by molar-refractivity contribution is 5.81. The van der Waals surface area contributed by atoms with Crippen LogP contribution in [0.2, 0.25) is 0 Å². The molecule has 0 aliphatic carbocycles. The SMILES string of the molecule is C[C@@H](C(=O)NCC(O)c1c(F)cccc1F)N(C)C. The Bertz CT molecular complexity index is 432. The number of halogens is 2. The van der Waals surface area contributed by atoms with Crippen LogP contribution >= 0.6 is 0 Å². The molecule has 19 heavy (non-hydrogen) atoms. The zero-order valence-corrected chi connectivity index (χ0v) is 11.2. The van der Waals surface area contributed by atoms with E-state index in [1.165, 1.54) is 6.07 Å². The third-order valence-corrected chi connectivity index (χ3v) is 2.96. The molecule has 2 N–H and O–H groups in total. The molecule has 0 spiro atoms. The highest BCUT2D eigenvalue weighted by Gasteiger charge is 2.20. The van der Waals surface area contributed by atoms with Crippen molar-refractivity contribution in [3.63, 3.8) is 0 Å². The fourth-order valence-corrected chi connectivity index (χ4v) is 1.51. The highest BCUT2D eigenvalue weighted by Crippen LogP contribution is 2.19. The van der Waals surface area contributed by atoms with Crippen molar-refractivity contribution in [2.24, 2.45) is 0 Å². The summed E-state index contributed by atoms with van der Waals surface area (Å²) in [7, 11) is 3.47. The first-order valence-corrected chi connectivity index (χ1v) is 5.90. The Labute approximate surface area is 111 Å². The first-order chi connectivity index (χ1) is 8.84. The fourth-order valence-electron chi connectivity index (χ4n) is 1.51. The Morgan fingerprint density at radius 1 is 1.37 bits per heavy atom. The van der Waals surface area contributed by atoms with Crippen LogP contribution in [0.5, 0.6) is 0 Å². The molecule has 1 amide bonds. The summed E-state index contributed by atoms with van der Waals surface area (Å²) >= 11 is 0. The van der Waals surface area contributed by atoms with Crippen molar-refractivity contribution < 1.29 is 18.7 Å². The van der Waals surface area contributed by atoms with Gasteiger partial charge in [0.1, 0.15) is 17.7 Å². The van der Waals surface area contributed by atoms with Gasteiger partial charge < -0.3 is 10.4 Å². The quantitative estimate of drug-likeness (QED) is 0.843. The van der Waals surface area contributed by atoms with Gasteiger partial charge in [0.25, 0.3) is 0 Å². The molecule has 1 aromatic rings. The Morgan fingerprint density at radius 2 is 1.89 bits per heavy atom. The van der Waals surface area contributed by atoms with E-state index in [2.05, 4.69) is 5.32 Å². The highest BCUT2D eigenvalue weighted by atomic mass is 19.1. The number of aliphatic hydroxyl groups excluding tert-OH is 1. The number of aliphatic hydroxyl groups is 1. The number of amides is 1. The Kier molecular flexibility index (Phi) is 5.38. The molecule has 1 unspecified atom stereocenters. The summed E-state index contributed by atoms with van der Waals surface area (Å²) < 4.78 is 26.8. The van der Waals surface area contributed by atoms with E-state index in [0.717, 1.165) is 12.1 Å². The minimum absolute atomic E-state index is 0.241. The van der Waals surface area contributed by atoms with Gasteiger partial charge in [0.2, 0.25) is 5.91 Å². The topological polar surface area (TPSA) is 52.6 Å². The monoisotopic (exact) mass is 272 g/mol. The molecule has 6 heteroatoms. The average molecular weight is 272 g/mol. The number of carbonyl (C=O) groups is 1. The number of nitrogens with one attached hydrogen (secondary N) is 1. The minimum Gasteiger partial charge on any atom is -0.386 e. The van der Waals surface area contributed by atoms with E-state index in [0.29, 0.717) is 0 Å². The number of likely N-dealkylation sites (N-methyl/N-ethyl adjacent to an activating group) is 1. The van der Waals surface area contributed by atoms with Crippen LogP contribution in [-0.2, 0) is 4.79 Å². The van der Waals surface area contributed by atoms with Gasteiger partial charge in [-0.05, 0) is 33.2 Å². The molecular formula is C13H18F2N2O2. The number of benzene rings is 1. The van der Waals surface area contributed by atoms with E-state index in [1.807, 2.05) is 0 Å². The third kappa shape index (κ3) is 3.97. The predicted octanol–water partition coefficient (Wildman–Crippen LogP) is 1.06. The van der Waals surface area contributed by atoms with Crippen molar-refractivity contribution in [1.29, 1.82) is 0 Å². The molecule has 106 valence electrons. The summed E-state index contributed by atoms with van der Waals surface area (Å²) in [5.41, 5.74) is -0.430. The van der Waals surface area contributed by atoms with Crippen LogP contribution in [0.4, 0.5) is 8.78 Å². The molecule has 0 saturated carbocycles. The standard InChI is InChI=1S/C13H18F2N2O2/c1-8(17(2)3)13(19)16-7-11(18)12-9(14)5-4-6-10(12)15/h4-6,8,11,18H,7H2,1-3H3,(H,16,19)/t8-,11?/m0/s1. The van der Waals surface area contributed by atoms with E-state index in [-0.39, 0.29) is 12.5 Å². The van der Waals surface area contributed by atoms with Crippen molar-refractivity contribution >= 4 is 5.91 Å². The van der Waals surface area contributed by atoms with Gasteiger partial charge in [0.15, 0.2) is 0 Å². The van der Waals surface area contributed by atoms with Crippen molar-refractivity contribution in [1.82, 2.24) is 10.2 Å². The number of nitrogens with zero attached hydrogens (tertiary/aromatic N) is 1. The second-order valence-electron chi connectivity index (χ2n) is 4.54. The Hall–Kier alpha value is -1.53. The van der Waals surface area contributed by atoms with Gasteiger partial charge in [-0.3, -0.25) is 9.69 Å². The summed E-state index contributed by atoms with van der Waals surface area (Å²) in [5, 5.41) is 12.2. The lowest BCUT2D eigenvalue weighted by Gasteiger charge is -2.20.